The van der Waals surface area contributed by atoms with Gasteiger partial charge in [-0.2, -0.15) is 0 Å². The number of quaternary nitrogens is 1. The van der Waals surface area contributed by atoms with Crippen LogP contribution in [0.2, 0.25) is 0 Å². The lowest BCUT2D eigenvalue weighted by molar-refractivity contribution is -0.870. The van der Waals surface area contributed by atoms with Crippen LogP contribution in [0.4, 0.5) is 0 Å². The van der Waals surface area contributed by atoms with Crippen LogP contribution in [0.15, 0.2) is 72.9 Å². The molecule has 10 nitrogen and oxygen atoms in total. The Kier molecular flexibility index (Phi) is 37.8. The van der Waals surface area contributed by atoms with Crippen molar-refractivity contribution >= 4 is 19.8 Å². The molecule has 0 radical (unpaired) electrons. The molecule has 0 saturated carbocycles. The molecule has 0 aliphatic carbocycles. The molecule has 0 spiro atoms. The Morgan fingerprint density at radius 1 is 0.644 bits per heavy atom. The zero-order valence-electron chi connectivity index (χ0n) is 37.8. The van der Waals surface area contributed by atoms with Gasteiger partial charge in [0.05, 0.1) is 33.9 Å². The largest absolute Gasteiger partial charge is 0.756 e. The van der Waals surface area contributed by atoms with Crippen LogP contribution < -0.4 is 4.89 Å². The Balaban J connectivity index is 4.48. The summed E-state index contributed by atoms with van der Waals surface area (Å²) in [6.45, 7) is 3.89. The maximum absolute atomic E-state index is 12.7. The van der Waals surface area contributed by atoms with Crippen LogP contribution in [0.3, 0.4) is 0 Å². The Labute approximate surface area is 360 Å². The third kappa shape index (κ3) is 43.3. The Morgan fingerprint density at radius 3 is 1.83 bits per heavy atom. The van der Waals surface area contributed by atoms with Crippen molar-refractivity contribution in [2.75, 3.05) is 47.5 Å². The second kappa shape index (κ2) is 39.5. The number of likely N-dealkylation sites (N-methyl/N-ethyl adjacent to an activating group) is 1. The lowest BCUT2D eigenvalue weighted by Crippen LogP contribution is -2.37. The molecule has 3 atom stereocenters. The quantitative estimate of drug-likeness (QED) is 0.0160. The summed E-state index contributed by atoms with van der Waals surface area (Å²) >= 11 is 0. The molecule has 0 aromatic carbocycles. The van der Waals surface area contributed by atoms with Crippen molar-refractivity contribution in [3.63, 3.8) is 0 Å². The van der Waals surface area contributed by atoms with Gasteiger partial charge in [0.15, 0.2) is 6.10 Å². The summed E-state index contributed by atoms with van der Waals surface area (Å²) < 4.78 is 33.8. The van der Waals surface area contributed by atoms with Gasteiger partial charge in [0, 0.05) is 12.8 Å². The molecule has 0 aliphatic heterocycles. The summed E-state index contributed by atoms with van der Waals surface area (Å²) in [6, 6.07) is 0. The van der Waals surface area contributed by atoms with E-state index in [1.54, 1.807) is 0 Å². The van der Waals surface area contributed by atoms with Gasteiger partial charge in [0.1, 0.15) is 19.8 Å². The normalized spacial score (nSPS) is 14.8. The van der Waals surface area contributed by atoms with E-state index in [0.717, 1.165) is 44.9 Å². The SMILES string of the molecule is CC/C=C\C(O)C/C=C/C=C\C/C=C\C/C=C\CCCC(=O)OC[C@H](COP(=O)([O-])OCC[N+](C)(C)C)OC(=O)CCCCCCCCC/C=C\CCCCCCCC. The van der Waals surface area contributed by atoms with Crippen LogP contribution in [-0.2, 0) is 32.7 Å². The van der Waals surface area contributed by atoms with E-state index in [1.807, 2.05) is 70.6 Å². The summed E-state index contributed by atoms with van der Waals surface area (Å²) in [7, 11) is 1.10. The maximum Gasteiger partial charge on any atom is 0.306 e. The number of unbranched alkanes of at least 4 members (excludes halogenated alkanes) is 14. The third-order valence-corrected chi connectivity index (χ3v) is 10.2. The van der Waals surface area contributed by atoms with E-state index in [2.05, 4.69) is 37.3 Å². The molecule has 0 aromatic rings. The minimum absolute atomic E-state index is 0.0508. The molecule has 0 saturated heterocycles. The number of ether oxygens (including phenoxy) is 2. The van der Waals surface area contributed by atoms with Crippen molar-refractivity contribution in [1.82, 2.24) is 0 Å². The van der Waals surface area contributed by atoms with Gasteiger partial charge in [-0.15, -0.1) is 0 Å². The van der Waals surface area contributed by atoms with E-state index in [4.69, 9.17) is 18.5 Å². The van der Waals surface area contributed by atoms with Crippen molar-refractivity contribution < 1.29 is 47.2 Å². The minimum atomic E-state index is -4.65. The van der Waals surface area contributed by atoms with Crippen LogP contribution in [-0.4, -0.2) is 81.2 Å². The van der Waals surface area contributed by atoms with Crippen molar-refractivity contribution in [3.05, 3.63) is 72.9 Å². The fraction of sp³-hybridized carbons (Fsp3) is 0.708. The lowest BCUT2D eigenvalue weighted by Gasteiger charge is -2.28. The molecule has 0 amide bonds. The molecular formula is C48H84NO9P. The molecular weight excluding hydrogens is 765 g/mol. The summed E-state index contributed by atoms with van der Waals surface area (Å²) in [5.41, 5.74) is 0. The number of carbonyl (C=O) groups excluding carboxylic acids is 2. The third-order valence-electron chi connectivity index (χ3n) is 9.29. The number of phosphoric ester groups is 1. The zero-order valence-corrected chi connectivity index (χ0v) is 38.7. The van der Waals surface area contributed by atoms with Crippen molar-refractivity contribution in [1.29, 1.82) is 0 Å². The highest BCUT2D eigenvalue weighted by atomic mass is 31.2. The van der Waals surface area contributed by atoms with Gasteiger partial charge < -0.3 is 33.0 Å². The Morgan fingerprint density at radius 2 is 1.19 bits per heavy atom. The van der Waals surface area contributed by atoms with Crippen molar-refractivity contribution in [2.24, 2.45) is 0 Å². The topological polar surface area (TPSA) is 131 Å². The van der Waals surface area contributed by atoms with E-state index in [1.165, 1.54) is 64.2 Å². The molecule has 340 valence electrons. The van der Waals surface area contributed by atoms with Crippen LogP contribution in [0.25, 0.3) is 0 Å². The first-order valence-corrected chi connectivity index (χ1v) is 24.2. The molecule has 0 aliphatic rings. The predicted molar refractivity (Wildman–Crippen MR) is 242 cm³/mol. The monoisotopic (exact) mass is 850 g/mol. The molecule has 59 heavy (non-hydrogen) atoms. The van der Waals surface area contributed by atoms with Crippen LogP contribution in [0, 0.1) is 0 Å². The van der Waals surface area contributed by atoms with E-state index < -0.39 is 38.6 Å². The number of hydrogen-bond acceptors (Lipinski definition) is 9. The number of hydrogen-bond donors (Lipinski definition) is 1. The molecule has 0 rings (SSSR count). The number of aliphatic hydroxyl groups excluding tert-OH is 1. The Bertz CT molecular complexity index is 1250. The average Bonchev–Trinajstić information content (AvgIpc) is 3.18. The van der Waals surface area contributed by atoms with Gasteiger partial charge in [0.2, 0.25) is 0 Å². The van der Waals surface area contributed by atoms with Gasteiger partial charge in [0.25, 0.3) is 7.82 Å². The van der Waals surface area contributed by atoms with Crippen molar-refractivity contribution in [2.45, 2.75) is 174 Å². The van der Waals surface area contributed by atoms with Crippen LogP contribution in [0.1, 0.15) is 162 Å². The summed E-state index contributed by atoms with van der Waals surface area (Å²) in [5, 5.41) is 9.77. The molecule has 1 N–H and O–H groups in total. The Hall–Kier alpha value is -2.59. The smallest absolute Gasteiger partial charge is 0.306 e. The van der Waals surface area contributed by atoms with E-state index in [-0.39, 0.29) is 26.1 Å². The van der Waals surface area contributed by atoms with E-state index in [0.29, 0.717) is 36.7 Å². The van der Waals surface area contributed by atoms with Gasteiger partial charge in [-0.1, -0.05) is 151 Å². The first-order chi connectivity index (χ1) is 28.4. The first-order valence-electron chi connectivity index (χ1n) is 22.8. The number of esters is 2. The second-order valence-electron chi connectivity index (χ2n) is 16.2. The van der Waals surface area contributed by atoms with E-state index >= 15 is 0 Å². The fourth-order valence-corrected chi connectivity index (χ4v) is 6.43. The number of carbonyl (C=O) groups is 2. The summed E-state index contributed by atoms with van der Waals surface area (Å²) in [6.07, 6.45) is 45.6. The maximum atomic E-state index is 12.7. The summed E-state index contributed by atoms with van der Waals surface area (Å²) in [5.74, 6) is -0.936. The molecule has 0 fully saturated rings. The van der Waals surface area contributed by atoms with Crippen LogP contribution in [0.5, 0.6) is 0 Å². The molecule has 0 aromatic heterocycles. The number of rotatable bonds is 40. The van der Waals surface area contributed by atoms with Gasteiger partial charge in [-0.3, -0.25) is 14.2 Å². The highest BCUT2D eigenvalue weighted by Gasteiger charge is 2.21. The molecule has 11 heteroatoms. The van der Waals surface area contributed by atoms with Gasteiger partial charge >= 0.3 is 11.9 Å². The standard InChI is InChI=1S/C48H84NO9P/c1-6-8-10-11-12-13-14-15-16-17-18-19-24-27-30-33-36-40-48(52)58-46(44-57-59(53,54)56-42-41-49(3,4)5)43-55-47(51)39-35-32-29-26-23-21-20-22-25-28-31-34-38-45(50)37-9-7-2/h9,15-16,20-21,25-26,28-29,31,34,37,45-46,50H,6-8,10-14,17-19,22-24,27,30,32-33,35-36,38-44H2,1-5H3/b16-15-,21-20-,28-25-,29-26-,34-31+,37-9-/t45?,46-/m1/s1. The summed E-state index contributed by atoms with van der Waals surface area (Å²) in [4.78, 5) is 37.6. The van der Waals surface area contributed by atoms with Crippen LogP contribution >= 0.6 is 7.82 Å². The fourth-order valence-electron chi connectivity index (χ4n) is 5.70. The second-order valence-corrected chi connectivity index (χ2v) is 17.6. The molecule has 0 bridgehead atoms. The molecule has 2 unspecified atom stereocenters. The minimum Gasteiger partial charge on any atom is -0.756 e. The molecule has 0 heterocycles. The predicted octanol–water partition coefficient (Wildman–Crippen LogP) is 11.4. The first kappa shape index (κ1) is 56.4. The number of allylic oxidation sites excluding steroid dienone is 10. The van der Waals surface area contributed by atoms with Gasteiger partial charge in [-0.05, 0) is 70.6 Å². The number of aliphatic hydroxyl groups is 1. The highest BCUT2D eigenvalue weighted by molar-refractivity contribution is 7.45. The zero-order chi connectivity index (χ0) is 43.7. The van der Waals surface area contributed by atoms with E-state index in [9.17, 15) is 24.2 Å². The number of nitrogens with zero attached hydrogens (tertiary/aromatic N) is 1. The lowest BCUT2D eigenvalue weighted by atomic mass is 10.1. The van der Waals surface area contributed by atoms with Crippen molar-refractivity contribution in [3.8, 4) is 0 Å². The van der Waals surface area contributed by atoms with Gasteiger partial charge in [-0.25, -0.2) is 0 Å². The average molecular weight is 850 g/mol. The highest BCUT2D eigenvalue weighted by Crippen LogP contribution is 2.38. The number of phosphoric acid groups is 1.